The Balaban J connectivity index is 2.55. The summed E-state index contributed by atoms with van der Waals surface area (Å²) < 4.78 is 5.46. The Morgan fingerprint density at radius 3 is 2.68 bits per heavy atom. The third kappa shape index (κ3) is 5.11. The van der Waals surface area contributed by atoms with Crippen molar-refractivity contribution in [1.82, 2.24) is 14.9 Å². The lowest BCUT2D eigenvalue weighted by molar-refractivity contribution is -0.128. The molecule has 1 heterocycles. The lowest BCUT2D eigenvalue weighted by Gasteiger charge is -2.18. The highest BCUT2D eigenvalue weighted by atomic mass is 16.5. The van der Waals surface area contributed by atoms with Gasteiger partial charge in [0, 0.05) is 25.4 Å². The van der Waals surface area contributed by atoms with Crippen molar-refractivity contribution < 1.29 is 9.53 Å². The number of anilines is 1. The summed E-state index contributed by atoms with van der Waals surface area (Å²) in [6.45, 7) is 9.36. The quantitative estimate of drug-likeness (QED) is 0.811. The molecule has 0 aliphatic rings. The van der Waals surface area contributed by atoms with Gasteiger partial charge in [0.05, 0.1) is 12.6 Å². The average Bonchev–Trinajstić information content (AvgIpc) is 2.37. The number of hydrogen-bond donors (Lipinski definition) is 1. The summed E-state index contributed by atoms with van der Waals surface area (Å²) in [5.41, 5.74) is 0. The molecule has 0 fully saturated rings. The summed E-state index contributed by atoms with van der Waals surface area (Å²) in [5, 5.41) is 2.91. The zero-order chi connectivity index (χ0) is 14.3. The van der Waals surface area contributed by atoms with E-state index in [0.29, 0.717) is 24.9 Å². The summed E-state index contributed by atoms with van der Waals surface area (Å²) in [6.07, 6.45) is 1.66. The number of carbonyl (C=O) groups excluding carboxylic acids is 1. The van der Waals surface area contributed by atoms with Gasteiger partial charge in [0.1, 0.15) is 0 Å². The van der Waals surface area contributed by atoms with E-state index in [1.165, 1.54) is 0 Å². The van der Waals surface area contributed by atoms with Crippen molar-refractivity contribution in [2.45, 2.75) is 33.8 Å². The minimum atomic E-state index is 0.0313. The van der Waals surface area contributed by atoms with E-state index in [9.17, 15) is 4.79 Å². The molecule has 1 amide bonds. The monoisotopic (exact) mass is 266 g/mol. The molecule has 0 saturated carbocycles. The lowest BCUT2D eigenvalue weighted by atomic mass is 10.4. The fourth-order valence-corrected chi connectivity index (χ4v) is 1.58. The van der Waals surface area contributed by atoms with E-state index in [4.69, 9.17) is 4.74 Å². The SMILES string of the molecule is CCN(CC)C(=O)CNc1nccc(OC(C)C)n1. The van der Waals surface area contributed by atoms with Crippen molar-refractivity contribution >= 4 is 11.9 Å². The highest BCUT2D eigenvalue weighted by molar-refractivity contribution is 5.80. The van der Waals surface area contributed by atoms with Gasteiger partial charge in [-0.25, -0.2) is 4.98 Å². The molecule has 106 valence electrons. The molecule has 19 heavy (non-hydrogen) atoms. The molecule has 1 rings (SSSR count). The fourth-order valence-electron chi connectivity index (χ4n) is 1.58. The van der Waals surface area contributed by atoms with Gasteiger partial charge in [0.25, 0.3) is 0 Å². The molecule has 0 radical (unpaired) electrons. The van der Waals surface area contributed by atoms with Crippen LogP contribution in [0.5, 0.6) is 5.88 Å². The van der Waals surface area contributed by atoms with Crippen molar-refractivity contribution in [2.24, 2.45) is 0 Å². The van der Waals surface area contributed by atoms with Crippen LogP contribution in [-0.4, -0.2) is 46.5 Å². The molecule has 0 atom stereocenters. The Hall–Kier alpha value is -1.85. The minimum Gasteiger partial charge on any atom is -0.475 e. The molecular weight excluding hydrogens is 244 g/mol. The van der Waals surface area contributed by atoms with Crippen molar-refractivity contribution in [3.05, 3.63) is 12.3 Å². The van der Waals surface area contributed by atoms with Crippen LogP contribution in [-0.2, 0) is 4.79 Å². The van der Waals surface area contributed by atoms with Crippen LogP contribution in [0.25, 0.3) is 0 Å². The molecule has 6 nitrogen and oxygen atoms in total. The molecule has 0 aliphatic carbocycles. The maximum Gasteiger partial charge on any atom is 0.241 e. The second kappa shape index (κ2) is 7.56. The van der Waals surface area contributed by atoms with Crippen LogP contribution in [0.3, 0.4) is 0 Å². The van der Waals surface area contributed by atoms with Crippen molar-refractivity contribution in [1.29, 1.82) is 0 Å². The Morgan fingerprint density at radius 2 is 2.11 bits per heavy atom. The summed E-state index contributed by atoms with van der Waals surface area (Å²) in [4.78, 5) is 21.8. The topological polar surface area (TPSA) is 67.4 Å². The van der Waals surface area contributed by atoms with Crippen LogP contribution in [0.1, 0.15) is 27.7 Å². The van der Waals surface area contributed by atoms with Gasteiger partial charge in [-0.2, -0.15) is 4.98 Å². The molecule has 1 N–H and O–H groups in total. The third-order valence-electron chi connectivity index (χ3n) is 2.50. The molecule has 0 spiro atoms. The summed E-state index contributed by atoms with van der Waals surface area (Å²) in [5.74, 6) is 0.935. The molecule has 1 aromatic heterocycles. The van der Waals surface area contributed by atoms with Gasteiger partial charge < -0.3 is 15.0 Å². The second-order valence-corrected chi connectivity index (χ2v) is 4.30. The number of hydrogen-bond acceptors (Lipinski definition) is 5. The second-order valence-electron chi connectivity index (χ2n) is 4.30. The van der Waals surface area contributed by atoms with Crippen LogP contribution >= 0.6 is 0 Å². The summed E-state index contributed by atoms with van der Waals surface area (Å²) in [7, 11) is 0. The molecule has 0 saturated heterocycles. The summed E-state index contributed by atoms with van der Waals surface area (Å²) >= 11 is 0. The van der Waals surface area contributed by atoms with Gasteiger partial charge in [0.15, 0.2) is 0 Å². The van der Waals surface area contributed by atoms with Crippen molar-refractivity contribution in [2.75, 3.05) is 25.0 Å². The number of ether oxygens (including phenoxy) is 1. The number of amides is 1. The number of nitrogens with zero attached hydrogens (tertiary/aromatic N) is 3. The maximum absolute atomic E-state index is 11.8. The van der Waals surface area contributed by atoms with E-state index in [0.717, 1.165) is 0 Å². The predicted octanol–water partition coefficient (Wildman–Crippen LogP) is 1.54. The largest absolute Gasteiger partial charge is 0.475 e. The predicted molar refractivity (Wildman–Crippen MR) is 74.2 cm³/mol. The van der Waals surface area contributed by atoms with Gasteiger partial charge in [0.2, 0.25) is 17.7 Å². The van der Waals surface area contributed by atoms with E-state index in [-0.39, 0.29) is 18.6 Å². The standard InChI is InChI=1S/C13H22N4O2/c1-5-17(6-2)12(18)9-15-13-14-8-7-11(16-13)19-10(3)4/h7-8,10H,5-6,9H2,1-4H3,(H,14,15,16). The van der Waals surface area contributed by atoms with Gasteiger partial charge in [-0.15, -0.1) is 0 Å². The first-order chi connectivity index (χ1) is 9.06. The maximum atomic E-state index is 11.8. The lowest BCUT2D eigenvalue weighted by Crippen LogP contribution is -2.35. The highest BCUT2D eigenvalue weighted by Crippen LogP contribution is 2.09. The molecule has 0 aromatic carbocycles. The average molecular weight is 266 g/mol. The van der Waals surface area contributed by atoms with Crippen molar-refractivity contribution in [3.63, 3.8) is 0 Å². The van der Waals surface area contributed by atoms with Crippen LogP contribution in [0.15, 0.2) is 12.3 Å². The first-order valence-corrected chi connectivity index (χ1v) is 6.58. The number of nitrogens with one attached hydrogen (secondary N) is 1. The summed E-state index contributed by atoms with van der Waals surface area (Å²) in [6, 6.07) is 1.69. The number of rotatable bonds is 7. The van der Waals surface area contributed by atoms with Crippen LogP contribution in [0, 0.1) is 0 Å². The van der Waals surface area contributed by atoms with Crippen molar-refractivity contribution in [3.8, 4) is 5.88 Å². The van der Waals surface area contributed by atoms with E-state index in [2.05, 4.69) is 15.3 Å². The van der Waals surface area contributed by atoms with E-state index < -0.39 is 0 Å². The van der Waals surface area contributed by atoms with Crippen LogP contribution in [0.2, 0.25) is 0 Å². The fraction of sp³-hybridized carbons (Fsp3) is 0.615. The molecular formula is C13H22N4O2. The first kappa shape index (κ1) is 15.2. The van der Waals surface area contributed by atoms with E-state index >= 15 is 0 Å². The van der Waals surface area contributed by atoms with Gasteiger partial charge in [-0.05, 0) is 27.7 Å². The zero-order valence-corrected chi connectivity index (χ0v) is 12.0. The molecule has 6 heteroatoms. The van der Waals surface area contributed by atoms with Gasteiger partial charge in [-0.1, -0.05) is 0 Å². The molecule has 0 unspecified atom stereocenters. The molecule has 1 aromatic rings. The van der Waals surface area contributed by atoms with Crippen LogP contribution < -0.4 is 10.1 Å². The number of likely N-dealkylation sites (N-methyl/N-ethyl adjacent to an activating group) is 1. The molecule has 0 aliphatic heterocycles. The normalized spacial score (nSPS) is 10.4. The Morgan fingerprint density at radius 1 is 1.42 bits per heavy atom. The number of carbonyl (C=O) groups is 1. The smallest absolute Gasteiger partial charge is 0.241 e. The first-order valence-electron chi connectivity index (χ1n) is 6.58. The highest BCUT2D eigenvalue weighted by Gasteiger charge is 2.10. The van der Waals surface area contributed by atoms with Gasteiger partial charge in [-0.3, -0.25) is 4.79 Å². The minimum absolute atomic E-state index is 0.0313. The Bertz CT molecular complexity index is 405. The third-order valence-corrected chi connectivity index (χ3v) is 2.50. The Labute approximate surface area is 114 Å². The number of aromatic nitrogens is 2. The van der Waals surface area contributed by atoms with E-state index in [1.807, 2.05) is 27.7 Å². The zero-order valence-electron chi connectivity index (χ0n) is 12.0. The van der Waals surface area contributed by atoms with Gasteiger partial charge >= 0.3 is 0 Å². The molecule has 0 bridgehead atoms. The van der Waals surface area contributed by atoms with Crippen LogP contribution in [0.4, 0.5) is 5.95 Å². The van der Waals surface area contributed by atoms with E-state index in [1.54, 1.807) is 17.2 Å². The Kier molecular flexibility index (Phi) is 6.05.